The average Bonchev–Trinajstić information content (AvgIpc) is 2.01. The Hall–Kier alpha value is -1.10. The van der Waals surface area contributed by atoms with E-state index in [0.717, 1.165) is 5.56 Å². The predicted octanol–water partition coefficient (Wildman–Crippen LogP) is 2.34. The summed E-state index contributed by atoms with van der Waals surface area (Å²) in [7, 11) is 0. The summed E-state index contributed by atoms with van der Waals surface area (Å²) < 4.78 is 36.0. The largest absolute Gasteiger partial charge is 0.390 e. The first kappa shape index (κ1) is 11.0. The minimum absolute atomic E-state index is 0.280. The van der Waals surface area contributed by atoms with Crippen LogP contribution in [0.1, 0.15) is 23.7 Å². The van der Waals surface area contributed by atoms with Crippen molar-refractivity contribution in [1.82, 2.24) is 4.98 Å². The van der Waals surface area contributed by atoms with Crippen molar-refractivity contribution in [3.8, 4) is 0 Å². The van der Waals surface area contributed by atoms with E-state index in [-0.39, 0.29) is 5.69 Å². The van der Waals surface area contributed by atoms with Gasteiger partial charge < -0.3 is 5.73 Å². The third kappa shape index (κ3) is 3.33. The van der Waals surface area contributed by atoms with Gasteiger partial charge >= 0.3 is 6.18 Å². The van der Waals surface area contributed by atoms with Gasteiger partial charge in [-0.3, -0.25) is 4.98 Å². The molecule has 1 rings (SSSR count). The number of hydrogen-bond acceptors (Lipinski definition) is 2. The molecule has 1 atom stereocenters. The van der Waals surface area contributed by atoms with E-state index in [1.165, 1.54) is 6.20 Å². The van der Waals surface area contributed by atoms with E-state index in [0.29, 0.717) is 0 Å². The van der Waals surface area contributed by atoms with Gasteiger partial charge in [0.2, 0.25) is 0 Å². The SMILES string of the molecule is Cc1ccnc(C(N)CC(F)(F)F)c1. The number of nitrogens with zero attached hydrogens (tertiary/aromatic N) is 1. The van der Waals surface area contributed by atoms with Gasteiger partial charge in [-0.05, 0) is 24.6 Å². The van der Waals surface area contributed by atoms with Crippen LogP contribution in [-0.4, -0.2) is 11.2 Å². The molecule has 0 radical (unpaired) electrons. The molecule has 1 aromatic heterocycles. The van der Waals surface area contributed by atoms with E-state index in [9.17, 15) is 13.2 Å². The third-order valence-corrected chi connectivity index (χ3v) is 1.77. The zero-order chi connectivity index (χ0) is 10.8. The molecular formula is C9H11F3N2. The van der Waals surface area contributed by atoms with Gasteiger partial charge in [0.1, 0.15) is 0 Å². The summed E-state index contributed by atoms with van der Waals surface area (Å²) in [6.45, 7) is 1.78. The maximum Gasteiger partial charge on any atom is 0.390 e. The molecule has 0 bridgehead atoms. The van der Waals surface area contributed by atoms with E-state index in [4.69, 9.17) is 5.73 Å². The Morgan fingerprint density at radius 3 is 2.64 bits per heavy atom. The molecule has 0 aliphatic heterocycles. The number of pyridine rings is 1. The van der Waals surface area contributed by atoms with Crippen LogP contribution in [-0.2, 0) is 0 Å². The molecular weight excluding hydrogens is 193 g/mol. The van der Waals surface area contributed by atoms with Crippen LogP contribution in [0.15, 0.2) is 18.3 Å². The standard InChI is InChI=1S/C9H11F3N2/c1-6-2-3-14-8(4-6)7(13)5-9(10,11)12/h2-4,7H,5,13H2,1H3. The van der Waals surface area contributed by atoms with Gasteiger partial charge in [-0.2, -0.15) is 13.2 Å². The molecule has 0 aliphatic carbocycles. The van der Waals surface area contributed by atoms with Crippen molar-refractivity contribution >= 4 is 0 Å². The second-order valence-electron chi connectivity index (χ2n) is 3.18. The number of hydrogen-bond donors (Lipinski definition) is 1. The molecule has 0 aromatic carbocycles. The molecule has 0 saturated heterocycles. The summed E-state index contributed by atoms with van der Waals surface area (Å²) in [6, 6.07) is 2.20. The van der Waals surface area contributed by atoms with E-state index in [1.807, 2.05) is 0 Å². The van der Waals surface area contributed by atoms with Crippen molar-refractivity contribution in [3.05, 3.63) is 29.6 Å². The van der Waals surface area contributed by atoms with E-state index in [2.05, 4.69) is 4.98 Å². The average molecular weight is 204 g/mol. The van der Waals surface area contributed by atoms with Crippen LogP contribution in [0.25, 0.3) is 0 Å². The molecule has 14 heavy (non-hydrogen) atoms. The van der Waals surface area contributed by atoms with Crippen molar-refractivity contribution in [2.45, 2.75) is 25.6 Å². The van der Waals surface area contributed by atoms with Crippen LogP contribution in [0.3, 0.4) is 0 Å². The van der Waals surface area contributed by atoms with Gasteiger partial charge in [0, 0.05) is 6.20 Å². The summed E-state index contributed by atoms with van der Waals surface area (Å²) in [5.41, 5.74) is 6.50. The van der Waals surface area contributed by atoms with Crippen molar-refractivity contribution in [2.75, 3.05) is 0 Å². The Morgan fingerprint density at radius 1 is 1.50 bits per heavy atom. The number of alkyl halides is 3. The molecule has 5 heteroatoms. The molecule has 78 valence electrons. The first-order chi connectivity index (χ1) is 6.38. The van der Waals surface area contributed by atoms with Crippen molar-refractivity contribution < 1.29 is 13.2 Å². The third-order valence-electron chi connectivity index (χ3n) is 1.77. The molecule has 0 amide bonds. The Kier molecular flexibility index (Phi) is 3.10. The fraction of sp³-hybridized carbons (Fsp3) is 0.444. The number of aromatic nitrogens is 1. The maximum absolute atomic E-state index is 12.0. The van der Waals surface area contributed by atoms with Crippen LogP contribution in [0.4, 0.5) is 13.2 Å². The smallest absolute Gasteiger partial charge is 0.322 e. The molecule has 1 aromatic rings. The van der Waals surface area contributed by atoms with Crippen molar-refractivity contribution in [3.63, 3.8) is 0 Å². The van der Waals surface area contributed by atoms with E-state index in [1.54, 1.807) is 19.1 Å². The summed E-state index contributed by atoms with van der Waals surface area (Å²) >= 11 is 0. The lowest BCUT2D eigenvalue weighted by molar-refractivity contribution is -0.138. The summed E-state index contributed by atoms with van der Waals surface area (Å²) in [6.07, 6.45) is -3.82. The lowest BCUT2D eigenvalue weighted by atomic mass is 10.1. The number of halogens is 3. The molecule has 2 N–H and O–H groups in total. The quantitative estimate of drug-likeness (QED) is 0.803. The van der Waals surface area contributed by atoms with Crippen molar-refractivity contribution in [2.24, 2.45) is 5.73 Å². The molecule has 0 saturated carbocycles. The van der Waals surface area contributed by atoms with Gasteiger partial charge in [-0.1, -0.05) is 0 Å². The predicted molar refractivity (Wildman–Crippen MR) is 46.6 cm³/mol. The van der Waals surface area contributed by atoms with Gasteiger partial charge in [0.15, 0.2) is 0 Å². The Balaban J connectivity index is 2.74. The lowest BCUT2D eigenvalue weighted by Crippen LogP contribution is -2.21. The van der Waals surface area contributed by atoms with E-state index < -0.39 is 18.6 Å². The normalized spacial score (nSPS) is 14.1. The molecule has 1 unspecified atom stereocenters. The molecule has 0 spiro atoms. The highest BCUT2D eigenvalue weighted by molar-refractivity contribution is 5.17. The monoisotopic (exact) mass is 204 g/mol. The fourth-order valence-corrected chi connectivity index (χ4v) is 1.12. The first-order valence-corrected chi connectivity index (χ1v) is 4.13. The summed E-state index contributed by atoms with van der Waals surface area (Å²) in [5, 5.41) is 0. The van der Waals surface area contributed by atoms with Crippen LogP contribution in [0.2, 0.25) is 0 Å². The first-order valence-electron chi connectivity index (χ1n) is 4.13. The van der Waals surface area contributed by atoms with Gasteiger partial charge in [-0.25, -0.2) is 0 Å². The second-order valence-corrected chi connectivity index (χ2v) is 3.18. The molecule has 0 aliphatic rings. The Morgan fingerprint density at radius 2 is 2.14 bits per heavy atom. The number of rotatable bonds is 2. The Bertz CT molecular complexity index is 309. The Labute approximate surface area is 79.9 Å². The van der Waals surface area contributed by atoms with Gasteiger partial charge in [0.25, 0.3) is 0 Å². The minimum atomic E-state index is -4.25. The lowest BCUT2D eigenvalue weighted by Gasteiger charge is -2.13. The van der Waals surface area contributed by atoms with E-state index >= 15 is 0 Å². The highest BCUT2D eigenvalue weighted by Gasteiger charge is 2.31. The maximum atomic E-state index is 12.0. The summed E-state index contributed by atoms with van der Waals surface area (Å²) in [5.74, 6) is 0. The second kappa shape index (κ2) is 3.96. The van der Waals surface area contributed by atoms with Crippen LogP contribution < -0.4 is 5.73 Å². The number of aryl methyl sites for hydroxylation is 1. The van der Waals surface area contributed by atoms with Gasteiger partial charge in [0.05, 0.1) is 18.2 Å². The van der Waals surface area contributed by atoms with Crippen LogP contribution >= 0.6 is 0 Å². The minimum Gasteiger partial charge on any atom is -0.322 e. The van der Waals surface area contributed by atoms with Crippen molar-refractivity contribution in [1.29, 1.82) is 0 Å². The van der Waals surface area contributed by atoms with Crippen LogP contribution in [0, 0.1) is 6.92 Å². The topological polar surface area (TPSA) is 38.9 Å². The zero-order valence-corrected chi connectivity index (χ0v) is 7.67. The highest BCUT2D eigenvalue weighted by atomic mass is 19.4. The molecule has 1 heterocycles. The number of nitrogens with two attached hydrogens (primary N) is 1. The molecule has 0 fully saturated rings. The molecule has 2 nitrogen and oxygen atoms in total. The van der Waals surface area contributed by atoms with Gasteiger partial charge in [-0.15, -0.1) is 0 Å². The fourth-order valence-electron chi connectivity index (χ4n) is 1.12. The highest BCUT2D eigenvalue weighted by Crippen LogP contribution is 2.27. The summed E-state index contributed by atoms with van der Waals surface area (Å²) in [4.78, 5) is 3.80. The van der Waals surface area contributed by atoms with Crippen LogP contribution in [0.5, 0.6) is 0 Å². The zero-order valence-electron chi connectivity index (χ0n) is 7.67.